The Labute approximate surface area is 184 Å². The Morgan fingerprint density at radius 3 is 2.41 bits per heavy atom. The Balaban J connectivity index is 1.62. The number of guanidine groups is 1. The summed E-state index contributed by atoms with van der Waals surface area (Å²) in [5.74, 6) is -0.187. The number of aliphatic imine (C=N–C) groups is 1. The lowest BCUT2D eigenvalue weighted by atomic mass is 10.2. The highest BCUT2D eigenvalue weighted by molar-refractivity contribution is 5.93. The number of halogens is 1. The summed E-state index contributed by atoms with van der Waals surface area (Å²) in [6.45, 7) is 1.90. The molecule has 32 heavy (non-hydrogen) atoms. The first kappa shape index (κ1) is 22.7. The van der Waals surface area contributed by atoms with Crippen LogP contribution in [0.3, 0.4) is 0 Å². The number of pyridine rings is 2. The summed E-state index contributed by atoms with van der Waals surface area (Å²) in [6, 6.07) is 4.97. The maximum absolute atomic E-state index is 14.9. The second-order valence-electron chi connectivity index (χ2n) is 7.28. The van der Waals surface area contributed by atoms with Gasteiger partial charge in [-0.15, -0.1) is 4.99 Å². The molecule has 0 aromatic carbocycles. The number of piperazine rings is 1. The Kier molecular flexibility index (Phi) is 7.03. The average molecular weight is 444 g/mol. The molecule has 0 bridgehead atoms. The molecule has 1 aliphatic rings. The SMILES string of the molecule is CN(C)C(=O)c1ccc(N2CCN(c3nccc(COC(=O)N=C(N)N)c3F)CC2)nc1. The minimum absolute atomic E-state index is 0.112. The number of carbonyl (C=O) groups excluding carboxylic acids is 2. The van der Waals surface area contributed by atoms with Crippen molar-refractivity contribution >= 4 is 29.6 Å². The van der Waals surface area contributed by atoms with E-state index in [1.54, 1.807) is 32.4 Å². The van der Waals surface area contributed by atoms with E-state index in [0.717, 1.165) is 5.82 Å². The van der Waals surface area contributed by atoms with Crippen LogP contribution in [-0.2, 0) is 11.3 Å². The van der Waals surface area contributed by atoms with Crippen molar-refractivity contribution in [3.63, 3.8) is 0 Å². The van der Waals surface area contributed by atoms with E-state index in [1.165, 1.54) is 17.2 Å². The zero-order valence-electron chi connectivity index (χ0n) is 17.9. The van der Waals surface area contributed by atoms with Crippen LogP contribution in [0.25, 0.3) is 0 Å². The first-order valence-corrected chi connectivity index (χ1v) is 9.83. The predicted octanol–water partition coefficient (Wildman–Crippen LogP) is 0.554. The number of hydrogen-bond donors (Lipinski definition) is 2. The number of carbonyl (C=O) groups is 2. The molecule has 2 aromatic heterocycles. The third-order valence-electron chi connectivity index (χ3n) is 4.83. The maximum Gasteiger partial charge on any atom is 0.437 e. The molecule has 2 aromatic rings. The van der Waals surface area contributed by atoms with Gasteiger partial charge in [0.05, 0.1) is 5.56 Å². The van der Waals surface area contributed by atoms with Crippen molar-refractivity contribution in [1.82, 2.24) is 14.9 Å². The van der Waals surface area contributed by atoms with Gasteiger partial charge in [-0.2, -0.15) is 0 Å². The lowest BCUT2D eigenvalue weighted by molar-refractivity contribution is 0.0827. The van der Waals surface area contributed by atoms with Crippen LogP contribution in [0.2, 0.25) is 0 Å². The van der Waals surface area contributed by atoms with Gasteiger partial charge in [-0.1, -0.05) is 0 Å². The first-order chi connectivity index (χ1) is 15.3. The van der Waals surface area contributed by atoms with Crippen molar-refractivity contribution < 1.29 is 18.7 Å². The molecule has 1 saturated heterocycles. The summed E-state index contributed by atoms with van der Waals surface area (Å²) in [6.07, 6.45) is 2.01. The Morgan fingerprint density at radius 1 is 1.12 bits per heavy atom. The van der Waals surface area contributed by atoms with Gasteiger partial charge in [0.15, 0.2) is 17.6 Å². The molecule has 1 aliphatic heterocycles. The molecular weight excluding hydrogens is 419 g/mol. The van der Waals surface area contributed by atoms with Gasteiger partial charge in [-0.05, 0) is 18.2 Å². The molecular formula is C20H25FN8O3. The van der Waals surface area contributed by atoms with E-state index >= 15 is 0 Å². The fourth-order valence-electron chi connectivity index (χ4n) is 3.19. The van der Waals surface area contributed by atoms with E-state index in [2.05, 4.69) is 19.9 Å². The molecule has 1 fully saturated rings. The number of ether oxygens (including phenoxy) is 1. The average Bonchev–Trinajstić information content (AvgIpc) is 2.77. The van der Waals surface area contributed by atoms with Crippen LogP contribution in [0.1, 0.15) is 15.9 Å². The smallest absolute Gasteiger partial charge is 0.437 e. The van der Waals surface area contributed by atoms with Gasteiger partial charge in [-0.25, -0.2) is 19.2 Å². The Hall–Kier alpha value is -3.96. The summed E-state index contributed by atoms with van der Waals surface area (Å²) >= 11 is 0. The van der Waals surface area contributed by atoms with Crippen molar-refractivity contribution in [2.75, 3.05) is 50.1 Å². The van der Waals surface area contributed by atoms with Gasteiger partial charge in [0, 0.05) is 58.2 Å². The summed E-state index contributed by atoms with van der Waals surface area (Å²) in [7, 11) is 3.37. The summed E-state index contributed by atoms with van der Waals surface area (Å²) in [4.78, 5) is 40.6. The fraction of sp³-hybridized carbons (Fsp3) is 0.350. The van der Waals surface area contributed by atoms with Gasteiger partial charge in [0.2, 0.25) is 0 Å². The topological polar surface area (TPSA) is 143 Å². The molecule has 2 amide bonds. The highest BCUT2D eigenvalue weighted by atomic mass is 19.1. The molecule has 11 nitrogen and oxygen atoms in total. The normalized spacial score (nSPS) is 13.5. The van der Waals surface area contributed by atoms with Crippen LogP contribution < -0.4 is 21.3 Å². The molecule has 0 unspecified atom stereocenters. The minimum atomic E-state index is -0.998. The van der Waals surface area contributed by atoms with E-state index in [-0.39, 0.29) is 23.9 Å². The van der Waals surface area contributed by atoms with Crippen LogP contribution in [0.4, 0.5) is 20.8 Å². The van der Waals surface area contributed by atoms with Crippen LogP contribution in [0, 0.1) is 5.82 Å². The molecule has 0 radical (unpaired) electrons. The third-order valence-corrected chi connectivity index (χ3v) is 4.83. The van der Waals surface area contributed by atoms with Crippen LogP contribution in [0.15, 0.2) is 35.6 Å². The van der Waals surface area contributed by atoms with Crippen molar-refractivity contribution in [1.29, 1.82) is 0 Å². The molecule has 170 valence electrons. The predicted molar refractivity (Wildman–Crippen MR) is 117 cm³/mol. The lowest BCUT2D eigenvalue weighted by Gasteiger charge is -2.36. The summed E-state index contributed by atoms with van der Waals surface area (Å²) in [5.41, 5.74) is 10.9. The highest BCUT2D eigenvalue weighted by Gasteiger charge is 2.23. The van der Waals surface area contributed by atoms with Gasteiger partial charge in [-0.3, -0.25) is 4.79 Å². The quantitative estimate of drug-likeness (QED) is 0.499. The van der Waals surface area contributed by atoms with E-state index in [0.29, 0.717) is 31.7 Å². The number of amides is 2. The van der Waals surface area contributed by atoms with Crippen LogP contribution in [0.5, 0.6) is 0 Å². The van der Waals surface area contributed by atoms with Crippen LogP contribution in [-0.4, -0.2) is 73.1 Å². The zero-order chi connectivity index (χ0) is 23.3. The number of rotatable bonds is 5. The summed E-state index contributed by atoms with van der Waals surface area (Å²) in [5, 5.41) is 0. The Morgan fingerprint density at radius 2 is 1.81 bits per heavy atom. The second kappa shape index (κ2) is 9.90. The van der Waals surface area contributed by atoms with Crippen molar-refractivity contribution in [3.8, 4) is 0 Å². The molecule has 0 spiro atoms. The number of aromatic nitrogens is 2. The molecule has 0 aliphatic carbocycles. The maximum atomic E-state index is 14.9. The van der Waals surface area contributed by atoms with Crippen molar-refractivity contribution in [3.05, 3.63) is 47.5 Å². The molecule has 3 heterocycles. The van der Waals surface area contributed by atoms with Gasteiger partial charge >= 0.3 is 6.09 Å². The molecule has 0 atom stereocenters. The molecule has 4 N–H and O–H groups in total. The van der Waals surface area contributed by atoms with E-state index in [9.17, 15) is 14.0 Å². The fourth-order valence-corrected chi connectivity index (χ4v) is 3.19. The largest absolute Gasteiger partial charge is 0.443 e. The number of anilines is 2. The number of hydrogen-bond acceptors (Lipinski definition) is 7. The van der Waals surface area contributed by atoms with Gasteiger partial charge < -0.3 is 30.9 Å². The number of nitrogens with two attached hydrogens (primary N) is 2. The van der Waals surface area contributed by atoms with Crippen molar-refractivity contribution in [2.24, 2.45) is 16.5 Å². The minimum Gasteiger partial charge on any atom is -0.443 e. The van der Waals surface area contributed by atoms with Crippen molar-refractivity contribution in [2.45, 2.75) is 6.61 Å². The molecule has 3 rings (SSSR count). The Bertz CT molecular complexity index is 1000. The molecule has 0 saturated carbocycles. The van der Waals surface area contributed by atoms with Gasteiger partial charge in [0.25, 0.3) is 5.91 Å². The second-order valence-corrected chi connectivity index (χ2v) is 7.28. The highest BCUT2D eigenvalue weighted by Crippen LogP contribution is 2.23. The van der Waals surface area contributed by atoms with Gasteiger partial charge in [0.1, 0.15) is 12.4 Å². The monoisotopic (exact) mass is 444 g/mol. The van der Waals surface area contributed by atoms with E-state index in [1.807, 2.05) is 4.90 Å². The molecule has 12 heteroatoms. The zero-order valence-corrected chi connectivity index (χ0v) is 17.9. The third kappa shape index (κ3) is 5.39. The standard InChI is InChI=1S/C20H25FN8O3/c1-27(2)18(30)13-3-4-15(25-11-13)28-7-9-29(10-8-28)17-16(21)14(5-6-24-17)12-32-20(31)26-19(22)23/h3-6,11H,7-10,12H2,1-2H3,(H4,22,23,26,31). The van der Waals surface area contributed by atoms with E-state index in [4.69, 9.17) is 16.2 Å². The number of nitrogens with zero attached hydrogens (tertiary/aromatic N) is 6. The summed E-state index contributed by atoms with van der Waals surface area (Å²) < 4.78 is 19.8. The van der Waals surface area contributed by atoms with E-state index < -0.39 is 17.9 Å². The first-order valence-electron chi connectivity index (χ1n) is 9.83. The van der Waals surface area contributed by atoms with Crippen LogP contribution >= 0.6 is 0 Å². The lowest BCUT2D eigenvalue weighted by Crippen LogP contribution is -2.47.